The molecular formula is C19H15N6NaO2. The molecule has 0 radical (unpaired) electrons. The number of hydrogen-bond donors (Lipinski definition) is 0. The zero-order chi connectivity index (χ0) is 19.0. The van der Waals surface area contributed by atoms with Gasteiger partial charge < -0.3 is 5.11 Å². The number of aryl methyl sites for hydroxylation is 1. The third kappa shape index (κ3) is 3.49. The van der Waals surface area contributed by atoms with E-state index in [4.69, 9.17) is 0 Å². The van der Waals surface area contributed by atoms with Crippen LogP contribution < -0.4 is 39.7 Å². The number of pyridine rings is 2. The summed E-state index contributed by atoms with van der Waals surface area (Å²) in [4.78, 5) is 21.1. The Bertz CT molecular complexity index is 1080. The second kappa shape index (κ2) is 8.05. The maximum Gasteiger partial charge on any atom is 1.00 e. The molecular weight excluding hydrogens is 367 g/mol. The first-order valence-electron chi connectivity index (χ1n) is 8.27. The Morgan fingerprint density at radius 3 is 2.25 bits per heavy atom. The Morgan fingerprint density at radius 1 is 1.00 bits per heavy atom. The van der Waals surface area contributed by atoms with Gasteiger partial charge in [-0.15, -0.1) is 0 Å². The summed E-state index contributed by atoms with van der Waals surface area (Å²) in [5.74, 6) is 0.174. The fourth-order valence-electron chi connectivity index (χ4n) is 2.78. The van der Waals surface area contributed by atoms with E-state index in [1.165, 1.54) is 15.8 Å². The molecule has 134 valence electrons. The maximum absolute atomic E-state index is 12.8. The zero-order valence-corrected chi connectivity index (χ0v) is 17.7. The van der Waals surface area contributed by atoms with Gasteiger partial charge in [0.05, 0.1) is 17.0 Å². The van der Waals surface area contributed by atoms with E-state index in [0.29, 0.717) is 34.2 Å². The van der Waals surface area contributed by atoms with E-state index in [0.717, 1.165) is 0 Å². The normalized spacial score (nSPS) is 14.9. The predicted octanol–water partition coefficient (Wildman–Crippen LogP) is -1.15. The first-order valence-corrected chi connectivity index (χ1v) is 8.27. The molecule has 0 spiro atoms. The summed E-state index contributed by atoms with van der Waals surface area (Å²) >= 11 is 0. The average molecular weight is 382 g/mol. The molecule has 1 aliphatic rings. The van der Waals surface area contributed by atoms with Crippen LogP contribution in [0.25, 0.3) is 11.9 Å². The largest absolute Gasteiger partial charge is 1.00 e. The van der Waals surface area contributed by atoms with E-state index >= 15 is 0 Å². The standard InChI is InChI=1S/C19H16N6O2.Na/c1-12-14(18(26)24(22-12)16-7-3-5-9-20-16)11-15-13(2)23-25(19(15)27)17-8-4-6-10-21-17;/h3-11,26H,1-2H3;/q;+1/p-1/b15-11+;. The van der Waals surface area contributed by atoms with Crippen LogP contribution >= 0.6 is 0 Å². The number of nitrogens with zero attached hydrogens (tertiary/aromatic N) is 6. The number of carbonyl (C=O) groups is 1. The Hall–Kier alpha value is -2.81. The summed E-state index contributed by atoms with van der Waals surface area (Å²) in [5.41, 5.74) is 1.69. The molecule has 3 aromatic rings. The van der Waals surface area contributed by atoms with E-state index < -0.39 is 0 Å². The van der Waals surface area contributed by atoms with E-state index in [-0.39, 0.29) is 41.3 Å². The molecule has 0 saturated heterocycles. The van der Waals surface area contributed by atoms with Gasteiger partial charge in [0, 0.05) is 23.8 Å². The van der Waals surface area contributed by atoms with Gasteiger partial charge in [-0.3, -0.25) is 4.79 Å². The molecule has 0 atom stereocenters. The van der Waals surface area contributed by atoms with Crippen molar-refractivity contribution in [3.05, 3.63) is 65.6 Å². The van der Waals surface area contributed by atoms with Crippen molar-refractivity contribution in [1.29, 1.82) is 0 Å². The number of aromatic nitrogens is 4. The zero-order valence-electron chi connectivity index (χ0n) is 15.7. The van der Waals surface area contributed by atoms with Crippen molar-refractivity contribution in [2.24, 2.45) is 5.10 Å². The van der Waals surface area contributed by atoms with Crippen molar-refractivity contribution in [2.75, 3.05) is 5.01 Å². The Kier molecular flexibility index (Phi) is 5.73. The number of rotatable bonds is 3. The second-order valence-corrected chi connectivity index (χ2v) is 5.95. The Balaban J connectivity index is 0.00000225. The van der Waals surface area contributed by atoms with Gasteiger partial charge in [0.25, 0.3) is 5.91 Å². The van der Waals surface area contributed by atoms with Crippen molar-refractivity contribution < 1.29 is 39.5 Å². The van der Waals surface area contributed by atoms with Crippen LogP contribution in [0, 0.1) is 6.92 Å². The van der Waals surface area contributed by atoms with Crippen LogP contribution in [-0.4, -0.2) is 31.4 Å². The summed E-state index contributed by atoms with van der Waals surface area (Å²) in [6, 6.07) is 10.5. The summed E-state index contributed by atoms with van der Waals surface area (Å²) in [5, 5.41) is 22.5. The minimum Gasteiger partial charge on any atom is -0.858 e. The fraction of sp³-hybridized carbons (Fsp3) is 0.105. The van der Waals surface area contributed by atoms with E-state index in [1.54, 1.807) is 62.6 Å². The molecule has 0 unspecified atom stereocenters. The van der Waals surface area contributed by atoms with Gasteiger partial charge in [0.15, 0.2) is 11.6 Å². The quantitative estimate of drug-likeness (QED) is 0.421. The number of amides is 1. The third-order valence-corrected chi connectivity index (χ3v) is 4.15. The molecule has 4 heterocycles. The molecule has 0 N–H and O–H groups in total. The van der Waals surface area contributed by atoms with Gasteiger partial charge in [0.2, 0.25) is 0 Å². The summed E-state index contributed by atoms with van der Waals surface area (Å²) in [6.07, 6.45) is 4.71. The van der Waals surface area contributed by atoms with Gasteiger partial charge in [-0.1, -0.05) is 12.1 Å². The molecule has 0 aliphatic carbocycles. The topological polar surface area (TPSA) is 99.3 Å². The van der Waals surface area contributed by atoms with E-state index in [2.05, 4.69) is 20.2 Å². The molecule has 0 fully saturated rings. The second-order valence-electron chi connectivity index (χ2n) is 5.95. The number of anilines is 1. The van der Waals surface area contributed by atoms with Gasteiger partial charge in [-0.05, 0) is 44.2 Å². The molecule has 1 amide bonds. The Morgan fingerprint density at radius 2 is 1.64 bits per heavy atom. The Labute approximate surface area is 183 Å². The molecule has 8 nitrogen and oxygen atoms in total. The molecule has 0 aromatic carbocycles. The van der Waals surface area contributed by atoms with Crippen molar-refractivity contribution in [3.8, 4) is 11.7 Å². The van der Waals surface area contributed by atoms with Crippen molar-refractivity contribution in [1.82, 2.24) is 19.7 Å². The smallest absolute Gasteiger partial charge is 0.858 e. The summed E-state index contributed by atoms with van der Waals surface area (Å²) in [6.45, 7) is 3.44. The van der Waals surface area contributed by atoms with E-state index in [9.17, 15) is 9.90 Å². The van der Waals surface area contributed by atoms with Gasteiger partial charge in [-0.25, -0.2) is 14.6 Å². The first-order chi connectivity index (χ1) is 13.1. The van der Waals surface area contributed by atoms with Gasteiger partial charge >= 0.3 is 29.6 Å². The fourth-order valence-corrected chi connectivity index (χ4v) is 2.78. The van der Waals surface area contributed by atoms with Crippen molar-refractivity contribution >= 4 is 23.5 Å². The summed E-state index contributed by atoms with van der Waals surface area (Å²) < 4.78 is 1.23. The van der Waals surface area contributed by atoms with Crippen LogP contribution in [0.3, 0.4) is 0 Å². The van der Waals surface area contributed by atoms with Crippen LogP contribution in [0.4, 0.5) is 5.82 Å². The third-order valence-electron chi connectivity index (χ3n) is 4.15. The predicted molar refractivity (Wildman–Crippen MR) is 98.4 cm³/mol. The summed E-state index contributed by atoms with van der Waals surface area (Å²) in [7, 11) is 0. The van der Waals surface area contributed by atoms with Crippen LogP contribution in [-0.2, 0) is 4.79 Å². The van der Waals surface area contributed by atoms with Gasteiger partial charge in [0.1, 0.15) is 0 Å². The first kappa shape index (κ1) is 19.9. The molecule has 3 aromatic heterocycles. The van der Waals surface area contributed by atoms with Crippen molar-refractivity contribution in [3.63, 3.8) is 0 Å². The van der Waals surface area contributed by atoms with Crippen molar-refractivity contribution in [2.45, 2.75) is 13.8 Å². The average Bonchev–Trinajstić information content (AvgIpc) is 3.14. The number of hydrazone groups is 1. The van der Waals surface area contributed by atoms with Crippen LogP contribution in [0.1, 0.15) is 18.2 Å². The molecule has 4 rings (SSSR count). The molecule has 9 heteroatoms. The minimum atomic E-state index is -0.337. The molecule has 1 aliphatic heterocycles. The molecule has 0 bridgehead atoms. The van der Waals surface area contributed by atoms with E-state index in [1.807, 2.05) is 0 Å². The minimum absolute atomic E-state index is 0. The number of hydrogen-bond acceptors (Lipinski definition) is 6. The van der Waals surface area contributed by atoms with Crippen LogP contribution in [0.5, 0.6) is 5.88 Å². The monoisotopic (exact) mass is 382 g/mol. The van der Waals surface area contributed by atoms with Crippen LogP contribution in [0.2, 0.25) is 0 Å². The van der Waals surface area contributed by atoms with Gasteiger partial charge in [-0.2, -0.15) is 15.2 Å². The number of carbonyl (C=O) groups excluding carboxylic acids is 1. The SMILES string of the molecule is CC1=NN(c2ccccn2)C(=O)/C1=C/c1c(C)nn(-c2ccccn2)c1[O-].[Na+]. The molecule has 28 heavy (non-hydrogen) atoms. The maximum atomic E-state index is 12.8. The molecule has 0 saturated carbocycles. The van der Waals surface area contributed by atoms with Crippen LogP contribution in [0.15, 0.2) is 59.5 Å².